The Morgan fingerprint density at radius 1 is 0.923 bits per heavy atom. The van der Waals surface area contributed by atoms with E-state index in [-0.39, 0.29) is 29.1 Å². The van der Waals surface area contributed by atoms with Crippen molar-refractivity contribution in [2.45, 2.75) is 57.6 Å². The summed E-state index contributed by atoms with van der Waals surface area (Å²) in [6.45, 7) is 6.83. The van der Waals surface area contributed by atoms with Crippen molar-refractivity contribution in [1.82, 2.24) is 10.2 Å². The van der Waals surface area contributed by atoms with Crippen molar-refractivity contribution in [3.05, 3.63) is 94.0 Å². The molecule has 3 aromatic carbocycles. The molecule has 7 nitrogen and oxygen atoms in total. The second-order valence-corrected chi connectivity index (χ2v) is 12.2. The van der Waals surface area contributed by atoms with Crippen molar-refractivity contribution in [3.63, 3.8) is 0 Å². The Bertz CT molecular complexity index is 1390. The number of aryl methyl sites for hydroxylation is 1. The van der Waals surface area contributed by atoms with Crippen LogP contribution in [-0.2, 0) is 26.2 Å². The van der Waals surface area contributed by atoms with Gasteiger partial charge in [0.25, 0.3) is 10.0 Å². The Labute approximate surface area is 240 Å². The van der Waals surface area contributed by atoms with Crippen LogP contribution in [0.3, 0.4) is 0 Å². The summed E-state index contributed by atoms with van der Waals surface area (Å²) < 4.78 is 28.7. The number of hydrogen-bond donors (Lipinski definition) is 1. The Hall–Kier alpha value is -3.07. The van der Waals surface area contributed by atoms with Crippen LogP contribution in [0.15, 0.2) is 77.7 Å². The van der Waals surface area contributed by atoms with Crippen LogP contribution in [-0.4, -0.2) is 43.8 Å². The first-order chi connectivity index (χ1) is 18.4. The van der Waals surface area contributed by atoms with Crippen LogP contribution >= 0.6 is 23.2 Å². The molecule has 1 unspecified atom stereocenters. The molecule has 0 saturated heterocycles. The minimum Gasteiger partial charge on any atom is -0.352 e. The molecule has 0 heterocycles. The first-order valence-corrected chi connectivity index (χ1v) is 14.8. The monoisotopic (exact) mass is 589 g/mol. The van der Waals surface area contributed by atoms with Gasteiger partial charge in [-0.2, -0.15) is 0 Å². The maximum atomic E-state index is 14.0. The zero-order valence-corrected chi connectivity index (χ0v) is 24.7. The quantitative estimate of drug-likeness (QED) is 0.305. The van der Waals surface area contributed by atoms with E-state index in [0.29, 0.717) is 22.0 Å². The molecule has 1 atom stereocenters. The minimum atomic E-state index is -4.15. The lowest BCUT2D eigenvalue weighted by Crippen LogP contribution is -2.53. The van der Waals surface area contributed by atoms with E-state index in [1.165, 1.54) is 17.0 Å². The molecule has 0 aliphatic rings. The largest absolute Gasteiger partial charge is 0.352 e. The summed E-state index contributed by atoms with van der Waals surface area (Å²) in [4.78, 5) is 28.6. The van der Waals surface area contributed by atoms with Gasteiger partial charge in [-0.3, -0.25) is 13.9 Å². The lowest BCUT2D eigenvalue weighted by Gasteiger charge is -2.33. The van der Waals surface area contributed by atoms with E-state index < -0.39 is 28.5 Å². The number of carbonyl (C=O) groups is 2. The summed E-state index contributed by atoms with van der Waals surface area (Å²) in [7, 11) is -4.15. The fourth-order valence-electron chi connectivity index (χ4n) is 4.08. The zero-order chi connectivity index (χ0) is 28.7. The van der Waals surface area contributed by atoms with E-state index in [0.717, 1.165) is 9.87 Å². The number of benzene rings is 3. The van der Waals surface area contributed by atoms with Gasteiger partial charge >= 0.3 is 0 Å². The summed E-state index contributed by atoms with van der Waals surface area (Å²) in [5.74, 6) is -0.876. The van der Waals surface area contributed by atoms with Crippen LogP contribution in [0, 0.1) is 6.92 Å². The van der Waals surface area contributed by atoms with E-state index in [9.17, 15) is 18.0 Å². The topological polar surface area (TPSA) is 86.8 Å². The van der Waals surface area contributed by atoms with Crippen LogP contribution in [0.5, 0.6) is 0 Å². The molecule has 208 valence electrons. The van der Waals surface area contributed by atoms with Crippen LogP contribution in [0.2, 0.25) is 10.0 Å². The standard InChI is InChI=1S/C29H33Cl2N3O4S/c1-5-27(29(36)32-20(2)3)33(18-22-8-6-7-9-26(22)31)28(35)19-34(24-14-12-23(30)13-15-24)39(37,38)25-16-10-21(4)11-17-25/h6-17,20,27H,5,18-19H2,1-4H3,(H,32,36). The number of anilines is 1. The van der Waals surface area contributed by atoms with Crippen molar-refractivity contribution in [2.75, 3.05) is 10.8 Å². The number of hydrogen-bond acceptors (Lipinski definition) is 4. The Kier molecular flexibility index (Phi) is 10.4. The molecule has 0 saturated carbocycles. The van der Waals surface area contributed by atoms with Gasteiger partial charge in [-0.15, -0.1) is 0 Å². The highest BCUT2D eigenvalue weighted by Gasteiger charge is 2.34. The van der Waals surface area contributed by atoms with Crippen LogP contribution in [0.25, 0.3) is 0 Å². The number of amides is 2. The molecule has 3 aromatic rings. The Balaban J connectivity index is 2.07. The molecule has 1 N–H and O–H groups in total. The number of carbonyl (C=O) groups excluding carboxylic acids is 2. The highest BCUT2D eigenvalue weighted by atomic mass is 35.5. The smallest absolute Gasteiger partial charge is 0.264 e. The second kappa shape index (κ2) is 13.3. The first kappa shape index (κ1) is 30.5. The summed E-state index contributed by atoms with van der Waals surface area (Å²) in [5, 5.41) is 3.74. The average molecular weight is 591 g/mol. The molecular formula is C29H33Cl2N3O4S. The fourth-order valence-corrected chi connectivity index (χ4v) is 5.82. The van der Waals surface area contributed by atoms with Crippen LogP contribution in [0.1, 0.15) is 38.3 Å². The van der Waals surface area contributed by atoms with Crippen molar-refractivity contribution < 1.29 is 18.0 Å². The summed E-state index contributed by atoms with van der Waals surface area (Å²) >= 11 is 12.5. The Morgan fingerprint density at radius 3 is 2.10 bits per heavy atom. The number of nitrogens with zero attached hydrogens (tertiary/aromatic N) is 2. The van der Waals surface area contributed by atoms with Crippen LogP contribution in [0.4, 0.5) is 5.69 Å². The number of rotatable bonds is 11. The molecule has 3 rings (SSSR count). The van der Waals surface area contributed by atoms with Crippen LogP contribution < -0.4 is 9.62 Å². The predicted molar refractivity (Wildman–Crippen MR) is 157 cm³/mol. The van der Waals surface area contributed by atoms with Gasteiger partial charge in [0.05, 0.1) is 10.6 Å². The summed E-state index contributed by atoms with van der Waals surface area (Å²) in [6, 6.07) is 18.7. The van der Waals surface area contributed by atoms with Gasteiger partial charge in [-0.1, -0.05) is 66.0 Å². The van der Waals surface area contributed by atoms with E-state index in [4.69, 9.17) is 23.2 Å². The highest BCUT2D eigenvalue weighted by molar-refractivity contribution is 7.92. The molecule has 10 heteroatoms. The molecule has 0 bridgehead atoms. The van der Waals surface area contributed by atoms with Gasteiger partial charge in [-0.05, 0) is 75.2 Å². The van der Waals surface area contributed by atoms with Gasteiger partial charge in [0, 0.05) is 22.6 Å². The third kappa shape index (κ3) is 7.75. The van der Waals surface area contributed by atoms with Gasteiger partial charge < -0.3 is 10.2 Å². The van der Waals surface area contributed by atoms with E-state index in [1.807, 2.05) is 20.8 Å². The number of halogens is 2. The highest BCUT2D eigenvalue weighted by Crippen LogP contribution is 2.27. The Morgan fingerprint density at radius 2 is 1.54 bits per heavy atom. The van der Waals surface area contributed by atoms with E-state index in [2.05, 4.69) is 5.32 Å². The molecule has 0 fully saturated rings. The lowest BCUT2D eigenvalue weighted by atomic mass is 10.1. The van der Waals surface area contributed by atoms with Crippen molar-refractivity contribution in [2.24, 2.45) is 0 Å². The maximum absolute atomic E-state index is 14.0. The summed E-state index contributed by atoms with van der Waals surface area (Å²) in [6.07, 6.45) is 0.320. The number of sulfonamides is 1. The van der Waals surface area contributed by atoms with Gasteiger partial charge in [0.2, 0.25) is 11.8 Å². The zero-order valence-electron chi connectivity index (χ0n) is 22.4. The van der Waals surface area contributed by atoms with Gasteiger partial charge in [-0.25, -0.2) is 8.42 Å². The third-order valence-electron chi connectivity index (χ3n) is 6.12. The van der Waals surface area contributed by atoms with Crippen molar-refractivity contribution in [1.29, 1.82) is 0 Å². The molecule has 0 spiro atoms. The molecule has 39 heavy (non-hydrogen) atoms. The maximum Gasteiger partial charge on any atom is 0.264 e. The van der Waals surface area contributed by atoms with Gasteiger partial charge in [0.1, 0.15) is 12.6 Å². The second-order valence-electron chi connectivity index (χ2n) is 9.50. The molecular weight excluding hydrogens is 557 g/mol. The summed E-state index contributed by atoms with van der Waals surface area (Å²) in [5.41, 5.74) is 1.81. The lowest BCUT2D eigenvalue weighted by molar-refractivity contribution is -0.140. The molecule has 0 radical (unpaired) electrons. The number of nitrogens with one attached hydrogen (secondary N) is 1. The fraction of sp³-hybridized carbons (Fsp3) is 0.310. The third-order valence-corrected chi connectivity index (χ3v) is 8.53. The molecule has 0 aromatic heterocycles. The van der Waals surface area contributed by atoms with Crippen molar-refractivity contribution in [3.8, 4) is 0 Å². The van der Waals surface area contributed by atoms with E-state index in [1.54, 1.807) is 67.6 Å². The average Bonchev–Trinajstić information content (AvgIpc) is 2.88. The molecule has 0 aliphatic carbocycles. The SMILES string of the molecule is CCC(C(=O)NC(C)C)N(Cc1ccccc1Cl)C(=O)CN(c1ccc(Cl)cc1)S(=O)(=O)c1ccc(C)cc1. The van der Waals surface area contributed by atoms with E-state index >= 15 is 0 Å². The predicted octanol–water partition coefficient (Wildman–Crippen LogP) is 5.83. The normalized spacial score (nSPS) is 12.2. The minimum absolute atomic E-state index is 0.0293. The molecule has 0 aliphatic heterocycles. The molecule has 2 amide bonds. The van der Waals surface area contributed by atoms with Crippen molar-refractivity contribution >= 4 is 50.7 Å². The van der Waals surface area contributed by atoms with Gasteiger partial charge in [0.15, 0.2) is 0 Å². The first-order valence-electron chi connectivity index (χ1n) is 12.6.